The fourth-order valence-electron chi connectivity index (χ4n) is 2.23. The SMILES string of the molecule is Cc1csc(CCCNC(=O)N2CCC(CO)C2)n1. The van der Waals surface area contributed by atoms with E-state index in [1.807, 2.05) is 12.3 Å². The quantitative estimate of drug-likeness (QED) is 0.803. The molecule has 0 aromatic carbocycles. The fraction of sp³-hybridized carbons (Fsp3) is 0.692. The lowest BCUT2D eigenvalue weighted by molar-refractivity contribution is 0.198. The van der Waals surface area contributed by atoms with Crippen LogP contribution < -0.4 is 5.32 Å². The molecule has 2 N–H and O–H groups in total. The Hall–Kier alpha value is -1.14. The second-order valence-corrected chi connectivity index (χ2v) is 5.94. The minimum absolute atomic E-state index is 0.00808. The lowest BCUT2D eigenvalue weighted by Crippen LogP contribution is -2.39. The van der Waals surface area contributed by atoms with Crippen molar-refractivity contribution in [3.63, 3.8) is 0 Å². The molecule has 1 aliphatic heterocycles. The van der Waals surface area contributed by atoms with Crippen LogP contribution in [0.5, 0.6) is 0 Å². The Kier molecular flexibility index (Phi) is 5.15. The van der Waals surface area contributed by atoms with E-state index in [0.29, 0.717) is 13.1 Å². The number of thiazole rings is 1. The van der Waals surface area contributed by atoms with E-state index in [4.69, 9.17) is 5.11 Å². The second-order valence-electron chi connectivity index (χ2n) is 5.00. The fourth-order valence-corrected chi connectivity index (χ4v) is 3.05. The van der Waals surface area contributed by atoms with Crippen LogP contribution in [0.15, 0.2) is 5.38 Å². The summed E-state index contributed by atoms with van der Waals surface area (Å²) in [5, 5.41) is 15.2. The number of carbonyl (C=O) groups excluding carboxylic acids is 1. The van der Waals surface area contributed by atoms with E-state index in [1.54, 1.807) is 16.2 Å². The summed E-state index contributed by atoms with van der Waals surface area (Å²) in [6.07, 6.45) is 2.73. The zero-order valence-corrected chi connectivity index (χ0v) is 12.1. The Bertz CT molecular complexity index is 422. The number of nitrogens with zero attached hydrogens (tertiary/aromatic N) is 2. The molecule has 106 valence electrons. The third-order valence-electron chi connectivity index (χ3n) is 3.34. The van der Waals surface area contributed by atoms with Crippen molar-refractivity contribution >= 4 is 17.4 Å². The molecule has 2 amide bonds. The summed E-state index contributed by atoms with van der Waals surface area (Å²) in [4.78, 5) is 18.0. The van der Waals surface area contributed by atoms with Gasteiger partial charge in [-0.3, -0.25) is 0 Å². The largest absolute Gasteiger partial charge is 0.396 e. The molecule has 1 aliphatic rings. The molecule has 0 bridgehead atoms. The molecule has 5 nitrogen and oxygen atoms in total. The zero-order valence-electron chi connectivity index (χ0n) is 11.3. The number of rotatable bonds is 5. The maximum atomic E-state index is 11.8. The average molecular weight is 283 g/mol. The number of amides is 2. The number of hydrogen-bond donors (Lipinski definition) is 2. The van der Waals surface area contributed by atoms with Gasteiger partial charge in [0.05, 0.1) is 5.01 Å². The number of aliphatic hydroxyl groups excluding tert-OH is 1. The Morgan fingerprint density at radius 2 is 2.53 bits per heavy atom. The summed E-state index contributed by atoms with van der Waals surface area (Å²) in [7, 11) is 0. The molecule has 1 atom stereocenters. The highest BCUT2D eigenvalue weighted by atomic mass is 32.1. The molecule has 2 heterocycles. The Morgan fingerprint density at radius 1 is 1.68 bits per heavy atom. The average Bonchev–Trinajstić information content (AvgIpc) is 3.03. The number of likely N-dealkylation sites (tertiary alicyclic amines) is 1. The lowest BCUT2D eigenvalue weighted by Gasteiger charge is -2.16. The minimum atomic E-state index is -0.00808. The lowest BCUT2D eigenvalue weighted by atomic mass is 10.1. The molecule has 2 rings (SSSR count). The summed E-state index contributed by atoms with van der Waals surface area (Å²) in [5.74, 6) is 0.254. The summed E-state index contributed by atoms with van der Waals surface area (Å²) >= 11 is 1.67. The maximum Gasteiger partial charge on any atom is 0.317 e. The Balaban J connectivity index is 1.62. The predicted molar refractivity (Wildman–Crippen MR) is 75.3 cm³/mol. The number of carbonyl (C=O) groups is 1. The van der Waals surface area contributed by atoms with Crippen molar-refractivity contribution in [3.05, 3.63) is 16.1 Å². The summed E-state index contributed by atoms with van der Waals surface area (Å²) in [6, 6.07) is -0.00808. The van der Waals surface area contributed by atoms with Crippen molar-refractivity contribution < 1.29 is 9.90 Å². The summed E-state index contributed by atoms with van der Waals surface area (Å²) in [6.45, 7) is 4.27. The van der Waals surface area contributed by atoms with Gasteiger partial charge in [-0.1, -0.05) is 0 Å². The smallest absolute Gasteiger partial charge is 0.317 e. The van der Waals surface area contributed by atoms with Gasteiger partial charge >= 0.3 is 6.03 Å². The van der Waals surface area contributed by atoms with Gasteiger partial charge in [-0.2, -0.15) is 0 Å². The van der Waals surface area contributed by atoms with Crippen molar-refractivity contribution in [2.45, 2.75) is 26.2 Å². The van der Waals surface area contributed by atoms with Gasteiger partial charge in [-0.25, -0.2) is 9.78 Å². The first kappa shape index (κ1) is 14.3. The van der Waals surface area contributed by atoms with Crippen molar-refractivity contribution in [1.82, 2.24) is 15.2 Å². The predicted octanol–water partition coefficient (Wildman–Crippen LogP) is 1.41. The highest BCUT2D eigenvalue weighted by Crippen LogP contribution is 2.15. The first-order valence-electron chi connectivity index (χ1n) is 6.73. The highest BCUT2D eigenvalue weighted by molar-refractivity contribution is 7.09. The van der Waals surface area contributed by atoms with Gasteiger partial charge in [0.2, 0.25) is 0 Å². The normalized spacial score (nSPS) is 18.8. The van der Waals surface area contributed by atoms with Crippen LogP contribution in [0.25, 0.3) is 0 Å². The van der Waals surface area contributed by atoms with E-state index < -0.39 is 0 Å². The van der Waals surface area contributed by atoms with E-state index >= 15 is 0 Å². The van der Waals surface area contributed by atoms with Gasteiger partial charge in [-0.15, -0.1) is 11.3 Å². The summed E-state index contributed by atoms with van der Waals surface area (Å²) < 4.78 is 0. The van der Waals surface area contributed by atoms with Crippen LogP contribution in [0.3, 0.4) is 0 Å². The van der Waals surface area contributed by atoms with Gasteiger partial charge < -0.3 is 15.3 Å². The van der Waals surface area contributed by atoms with E-state index in [0.717, 1.165) is 36.5 Å². The molecule has 0 radical (unpaired) electrons. The van der Waals surface area contributed by atoms with Crippen LogP contribution in [0.1, 0.15) is 23.5 Å². The molecular weight excluding hydrogens is 262 g/mol. The van der Waals surface area contributed by atoms with Gasteiger partial charge in [0.1, 0.15) is 0 Å². The molecule has 6 heteroatoms. The van der Waals surface area contributed by atoms with Crippen LogP contribution in [-0.4, -0.2) is 47.3 Å². The van der Waals surface area contributed by atoms with E-state index in [1.165, 1.54) is 0 Å². The third-order valence-corrected chi connectivity index (χ3v) is 4.37. The molecule has 0 spiro atoms. The molecule has 1 aromatic heterocycles. The zero-order chi connectivity index (χ0) is 13.7. The van der Waals surface area contributed by atoms with Gasteiger partial charge in [0.15, 0.2) is 0 Å². The first-order valence-corrected chi connectivity index (χ1v) is 7.61. The van der Waals surface area contributed by atoms with Crippen molar-refractivity contribution in [1.29, 1.82) is 0 Å². The van der Waals surface area contributed by atoms with Crippen molar-refractivity contribution in [3.8, 4) is 0 Å². The second kappa shape index (κ2) is 6.86. The van der Waals surface area contributed by atoms with E-state index in [9.17, 15) is 4.79 Å². The van der Waals surface area contributed by atoms with Crippen LogP contribution >= 0.6 is 11.3 Å². The van der Waals surface area contributed by atoms with E-state index in [-0.39, 0.29) is 18.6 Å². The topological polar surface area (TPSA) is 65.5 Å². The maximum absolute atomic E-state index is 11.8. The highest BCUT2D eigenvalue weighted by Gasteiger charge is 2.25. The van der Waals surface area contributed by atoms with Crippen molar-refractivity contribution in [2.24, 2.45) is 5.92 Å². The van der Waals surface area contributed by atoms with Crippen LogP contribution in [0.2, 0.25) is 0 Å². The van der Waals surface area contributed by atoms with Gasteiger partial charge in [0, 0.05) is 49.7 Å². The molecule has 1 fully saturated rings. The van der Waals surface area contributed by atoms with Crippen LogP contribution in [-0.2, 0) is 6.42 Å². The molecule has 1 aromatic rings. The number of aryl methyl sites for hydroxylation is 2. The number of aromatic nitrogens is 1. The number of nitrogens with one attached hydrogen (secondary N) is 1. The Morgan fingerprint density at radius 3 is 3.16 bits per heavy atom. The first-order chi connectivity index (χ1) is 9.19. The van der Waals surface area contributed by atoms with Gasteiger partial charge in [-0.05, 0) is 19.8 Å². The molecular formula is C13H21N3O2S. The molecule has 1 saturated heterocycles. The van der Waals surface area contributed by atoms with E-state index in [2.05, 4.69) is 10.3 Å². The third kappa shape index (κ3) is 4.18. The summed E-state index contributed by atoms with van der Waals surface area (Å²) in [5.41, 5.74) is 1.07. The molecule has 0 aliphatic carbocycles. The molecule has 0 saturated carbocycles. The van der Waals surface area contributed by atoms with Crippen molar-refractivity contribution in [2.75, 3.05) is 26.2 Å². The van der Waals surface area contributed by atoms with Crippen LogP contribution in [0, 0.1) is 12.8 Å². The number of aliphatic hydroxyl groups is 1. The number of urea groups is 1. The van der Waals surface area contributed by atoms with Crippen LogP contribution in [0.4, 0.5) is 4.79 Å². The Labute approximate surface area is 117 Å². The molecule has 1 unspecified atom stereocenters. The standard InChI is InChI=1S/C13H21N3O2S/c1-10-9-19-12(15-10)3-2-5-14-13(18)16-6-4-11(7-16)8-17/h9,11,17H,2-8H2,1H3,(H,14,18). The minimum Gasteiger partial charge on any atom is -0.396 e. The number of hydrogen-bond acceptors (Lipinski definition) is 4. The monoisotopic (exact) mass is 283 g/mol. The molecule has 19 heavy (non-hydrogen) atoms. The van der Waals surface area contributed by atoms with Gasteiger partial charge in [0.25, 0.3) is 0 Å².